The predicted octanol–water partition coefficient (Wildman–Crippen LogP) is 2.33. The molecule has 0 aromatic carbocycles. The SMILES string of the molecule is CN=C(NCCCN1CCCN(C)CC1)N1CC2CCCCC2C1.I. The molecule has 2 saturated heterocycles. The fourth-order valence-electron chi connectivity index (χ4n) is 4.74. The first-order valence-corrected chi connectivity index (χ1v) is 10.1. The molecule has 2 aliphatic heterocycles. The van der Waals surface area contributed by atoms with Gasteiger partial charge < -0.3 is 20.0 Å². The molecule has 2 heterocycles. The molecule has 0 aromatic heterocycles. The van der Waals surface area contributed by atoms with Crippen LogP contribution in [-0.2, 0) is 0 Å². The lowest BCUT2D eigenvalue weighted by molar-refractivity contribution is 0.273. The van der Waals surface area contributed by atoms with Crippen LogP contribution in [0.1, 0.15) is 38.5 Å². The molecule has 2 unspecified atom stereocenters. The van der Waals surface area contributed by atoms with Crippen molar-refractivity contribution < 1.29 is 0 Å². The molecule has 1 saturated carbocycles. The van der Waals surface area contributed by atoms with E-state index in [1.807, 2.05) is 7.05 Å². The van der Waals surface area contributed by atoms with Crippen molar-refractivity contribution in [3.05, 3.63) is 0 Å². The van der Waals surface area contributed by atoms with E-state index in [1.54, 1.807) is 0 Å². The number of fused-ring (bicyclic) bond motifs is 1. The zero-order valence-electron chi connectivity index (χ0n) is 16.3. The van der Waals surface area contributed by atoms with Crippen LogP contribution in [0.25, 0.3) is 0 Å². The Morgan fingerprint density at radius 1 is 1.00 bits per heavy atom. The topological polar surface area (TPSA) is 34.1 Å². The summed E-state index contributed by atoms with van der Waals surface area (Å²) in [6.45, 7) is 9.65. The molecule has 0 radical (unpaired) electrons. The van der Waals surface area contributed by atoms with Crippen molar-refractivity contribution in [1.82, 2.24) is 20.0 Å². The minimum atomic E-state index is 0. The van der Waals surface area contributed by atoms with Gasteiger partial charge in [0.1, 0.15) is 0 Å². The number of likely N-dealkylation sites (N-methyl/N-ethyl adjacent to an activating group) is 1. The van der Waals surface area contributed by atoms with Crippen LogP contribution in [0.2, 0.25) is 0 Å². The van der Waals surface area contributed by atoms with Gasteiger partial charge in [0.15, 0.2) is 5.96 Å². The fraction of sp³-hybridized carbons (Fsp3) is 0.947. The number of aliphatic imine (C=N–C) groups is 1. The molecule has 0 bridgehead atoms. The maximum Gasteiger partial charge on any atom is 0.193 e. The van der Waals surface area contributed by atoms with Crippen molar-refractivity contribution in [1.29, 1.82) is 0 Å². The highest BCUT2D eigenvalue weighted by molar-refractivity contribution is 14.0. The molecule has 0 spiro atoms. The maximum atomic E-state index is 4.55. The molecule has 5 nitrogen and oxygen atoms in total. The lowest BCUT2D eigenvalue weighted by atomic mass is 9.82. The fourth-order valence-corrected chi connectivity index (χ4v) is 4.74. The van der Waals surface area contributed by atoms with E-state index in [1.165, 1.54) is 84.3 Å². The van der Waals surface area contributed by atoms with Crippen molar-refractivity contribution in [2.24, 2.45) is 16.8 Å². The minimum absolute atomic E-state index is 0. The molecular weight excluding hydrogens is 425 g/mol. The van der Waals surface area contributed by atoms with Crippen LogP contribution >= 0.6 is 24.0 Å². The number of likely N-dealkylation sites (tertiary alicyclic amines) is 1. The highest BCUT2D eigenvalue weighted by atomic mass is 127. The molecule has 1 aliphatic carbocycles. The zero-order chi connectivity index (χ0) is 16.8. The molecule has 0 amide bonds. The van der Waals surface area contributed by atoms with Gasteiger partial charge in [0.25, 0.3) is 0 Å². The third-order valence-corrected chi connectivity index (χ3v) is 6.23. The third kappa shape index (κ3) is 6.24. The van der Waals surface area contributed by atoms with Gasteiger partial charge in [-0.3, -0.25) is 4.99 Å². The highest BCUT2D eigenvalue weighted by Crippen LogP contribution is 2.35. The Hall–Kier alpha value is -0.0800. The number of halogens is 1. The van der Waals surface area contributed by atoms with E-state index in [4.69, 9.17) is 0 Å². The Morgan fingerprint density at radius 2 is 1.72 bits per heavy atom. The number of hydrogen-bond donors (Lipinski definition) is 1. The second-order valence-corrected chi connectivity index (χ2v) is 8.04. The molecule has 2 atom stereocenters. The van der Waals surface area contributed by atoms with Gasteiger partial charge in [-0.1, -0.05) is 12.8 Å². The predicted molar refractivity (Wildman–Crippen MR) is 117 cm³/mol. The van der Waals surface area contributed by atoms with E-state index in [0.717, 1.165) is 24.3 Å². The van der Waals surface area contributed by atoms with Crippen LogP contribution < -0.4 is 5.32 Å². The van der Waals surface area contributed by atoms with E-state index in [0.29, 0.717) is 0 Å². The summed E-state index contributed by atoms with van der Waals surface area (Å²) >= 11 is 0. The summed E-state index contributed by atoms with van der Waals surface area (Å²) in [7, 11) is 4.18. The van der Waals surface area contributed by atoms with Crippen molar-refractivity contribution in [3.63, 3.8) is 0 Å². The summed E-state index contributed by atoms with van der Waals surface area (Å²) in [6, 6.07) is 0. The first-order chi connectivity index (χ1) is 11.8. The summed E-state index contributed by atoms with van der Waals surface area (Å²) in [5.41, 5.74) is 0. The quantitative estimate of drug-likeness (QED) is 0.301. The van der Waals surface area contributed by atoms with Crippen molar-refractivity contribution in [2.45, 2.75) is 38.5 Å². The van der Waals surface area contributed by atoms with Gasteiger partial charge in [0.05, 0.1) is 0 Å². The van der Waals surface area contributed by atoms with Crippen LogP contribution in [-0.4, -0.2) is 87.1 Å². The molecule has 0 aromatic rings. The Balaban J connectivity index is 0.00000225. The maximum absolute atomic E-state index is 4.55. The number of hydrogen-bond acceptors (Lipinski definition) is 3. The summed E-state index contributed by atoms with van der Waals surface area (Å²) in [5.74, 6) is 2.98. The Bertz CT molecular complexity index is 403. The van der Waals surface area contributed by atoms with Crippen molar-refractivity contribution in [2.75, 3.05) is 66.5 Å². The zero-order valence-corrected chi connectivity index (χ0v) is 18.6. The van der Waals surface area contributed by atoms with Crippen LogP contribution in [0.3, 0.4) is 0 Å². The first-order valence-electron chi connectivity index (χ1n) is 10.1. The van der Waals surface area contributed by atoms with E-state index in [2.05, 4.69) is 32.1 Å². The average Bonchev–Trinajstić information content (AvgIpc) is 2.91. The second kappa shape index (κ2) is 10.9. The highest BCUT2D eigenvalue weighted by Gasteiger charge is 2.35. The Labute approximate surface area is 171 Å². The molecule has 6 heteroatoms. The van der Waals surface area contributed by atoms with Gasteiger partial charge in [-0.25, -0.2) is 0 Å². The molecule has 3 aliphatic rings. The van der Waals surface area contributed by atoms with Crippen molar-refractivity contribution in [3.8, 4) is 0 Å². The molecule has 3 fully saturated rings. The van der Waals surface area contributed by atoms with Crippen LogP contribution in [0.5, 0.6) is 0 Å². The first kappa shape index (κ1) is 21.2. The normalized spacial score (nSPS) is 29.0. The summed E-state index contributed by atoms with van der Waals surface area (Å²) in [4.78, 5) is 12.1. The number of nitrogens with zero attached hydrogens (tertiary/aromatic N) is 4. The van der Waals surface area contributed by atoms with E-state index < -0.39 is 0 Å². The lowest BCUT2D eigenvalue weighted by Crippen LogP contribution is -2.41. The number of guanidine groups is 1. The summed E-state index contributed by atoms with van der Waals surface area (Å²) in [6.07, 6.45) is 8.26. The monoisotopic (exact) mass is 463 g/mol. The molecular formula is C19H38IN5. The summed E-state index contributed by atoms with van der Waals surface area (Å²) in [5, 5.41) is 3.62. The van der Waals surface area contributed by atoms with Gasteiger partial charge in [-0.15, -0.1) is 24.0 Å². The van der Waals surface area contributed by atoms with Crippen LogP contribution in [0, 0.1) is 11.8 Å². The van der Waals surface area contributed by atoms with Gasteiger partial charge in [0.2, 0.25) is 0 Å². The third-order valence-electron chi connectivity index (χ3n) is 6.23. The van der Waals surface area contributed by atoms with Crippen LogP contribution in [0.4, 0.5) is 0 Å². The number of nitrogens with one attached hydrogen (secondary N) is 1. The largest absolute Gasteiger partial charge is 0.356 e. The average molecular weight is 463 g/mol. The Morgan fingerprint density at radius 3 is 2.40 bits per heavy atom. The van der Waals surface area contributed by atoms with E-state index >= 15 is 0 Å². The van der Waals surface area contributed by atoms with Gasteiger partial charge >= 0.3 is 0 Å². The molecule has 25 heavy (non-hydrogen) atoms. The van der Waals surface area contributed by atoms with Crippen molar-refractivity contribution >= 4 is 29.9 Å². The molecule has 3 rings (SSSR count). The lowest BCUT2D eigenvalue weighted by Gasteiger charge is -2.23. The minimum Gasteiger partial charge on any atom is -0.356 e. The van der Waals surface area contributed by atoms with E-state index in [-0.39, 0.29) is 24.0 Å². The van der Waals surface area contributed by atoms with Crippen LogP contribution in [0.15, 0.2) is 4.99 Å². The number of rotatable bonds is 4. The van der Waals surface area contributed by atoms with Gasteiger partial charge in [-0.2, -0.15) is 0 Å². The molecule has 1 N–H and O–H groups in total. The van der Waals surface area contributed by atoms with E-state index in [9.17, 15) is 0 Å². The Kier molecular flexibility index (Phi) is 9.27. The van der Waals surface area contributed by atoms with Gasteiger partial charge in [-0.05, 0) is 64.2 Å². The molecule has 146 valence electrons. The standard InChI is InChI=1S/C19H37N5.HI/c1-20-19(24-15-17-7-3-4-8-18(17)16-24)21-9-5-11-23-12-6-10-22(2)13-14-23;/h17-18H,3-16H2,1-2H3,(H,20,21);1H. The summed E-state index contributed by atoms with van der Waals surface area (Å²) < 4.78 is 0. The second-order valence-electron chi connectivity index (χ2n) is 8.04. The smallest absolute Gasteiger partial charge is 0.193 e. The van der Waals surface area contributed by atoms with Gasteiger partial charge in [0, 0.05) is 39.8 Å².